The molecule has 1 heterocycles. The summed E-state index contributed by atoms with van der Waals surface area (Å²) in [4.78, 5) is 17.7. The molecule has 2 aromatic rings. The van der Waals surface area contributed by atoms with Gasteiger partial charge in [-0.25, -0.2) is 4.98 Å². The van der Waals surface area contributed by atoms with Crippen molar-refractivity contribution in [3.05, 3.63) is 34.1 Å². The van der Waals surface area contributed by atoms with Crippen molar-refractivity contribution in [1.29, 1.82) is 0 Å². The van der Waals surface area contributed by atoms with Gasteiger partial charge in [-0.15, -0.1) is 0 Å². The third-order valence-electron chi connectivity index (χ3n) is 4.15. The van der Waals surface area contributed by atoms with Crippen LogP contribution < -0.4 is 0 Å². The molecule has 0 fully saturated rings. The Balaban J connectivity index is 2.48. The van der Waals surface area contributed by atoms with Crippen LogP contribution in [0.1, 0.15) is 40.4 Å². The van der Waals surface area contributed by atoms with Crippen LogP contribution in [0.3, 0.4) is 0 Å². The maximum Gasteiger partial charge on any atom is 0.271 e. The van der Waals surface area contributed by atoms with E-state index in [0.717, 1.165) is 37.5 Å². The molecule has 0 N–H and O–H groups in total. The Hall–Kier alpha value is -1.95. The second-order valence-electron chi connectivity index (χ2n) is 6.79. The summed E-state index contributed by atoms with van der Waals surface area (Å²) in [5, 5.41) is 11.0. The van der Waals surface area contributed by atoms with Crippen LogP contribution >= 0.6 is 0 Å². The maximum atomic E-state index is 11.0. The lowest BCUT2D eigenvalue weighted by atomic mass is 9.95. The first kappa shape index (κ1) is 17.4. The molecular formula is C17H26N4O2. The number of fused-ring (bicyclic) bond motifs is 1. The zero-order chi connectivity index (χ0) is 17.2. The van der Waals surface area contributed by atoms with E-state index in [-0.39, 0.29) is 16.0 Å². The number of non-ortho nitro benzene ring substituents is 1. The SMILES string of the molecule is CCN(CC)CCn1c(C(C)(C)C)nc2cc([N+](=O)[O-])ccc21. The highest BCUT2D eigenvalue weighted by Gasteiger charge is 2.24. The summed E-state index contributed by atoms with van der Waals surface area (Å²) in [6.45, 7) is 14.5. The Morgan fingerprint density at radius 3 is 2.43 bits per heavy atom. The van der Waals surface area contributed by atoms with Crippen molar-refractivity contribution in [2.45, 2.75) is 46.6 Å². The predicted molar refractivity (Wildman–Crippen MR) is 92.9 cm³/mol. The van der Waals surface area contributed by atoms with Crippen LogP contribution in [0, 0.1) is 10.1 Å². The second kappa shape index (κ2) is 6.66. The highest BCUT2D eigenvalue weighted by atomic mass is 16.6. The van der Waals surface area contributed by atoms with E-state index in [1.807, 2.05) is 6.07 Å². The quantitative estimate of drug-likeness (QED) is 0.603. The van der Waals surface area contributed by atoms with Crippen molar-refractivity contribution in [3.8, 4) is 0 Å². The van der Waals surface area contributed by atoms with Crippen molar-refractivity contribution in [2.75, 3.05) is 19.6 Å². The molecule has 0 radical (unpaired) electrons. The van der Waals surface area contributed by atoms with Gasteiger partial charge in [0.15, 0.2) is 0 Å². The second-order valence-corrected chi connectivity index (χ2v) is 6.79. The molecule has 0 spiro atoms. The normalized spacial score (nSPS) is 12.3. The molecule has 0 aliphatic heterocycles. The van der Waals surface area contributed by atoms with E-state index < -0.39 is 0 Å². The molecule has 0 aliphatic carbocycles. The standard InChI is InChI=1S/C17H26N4O2/c1-6-19(7-2)10-11-20-15-9-8-13(21(22)23)12-14(15)18-16(20)17(3,4)5/h8-9,12H,6-7,10-11H2,1-5H3. The fourth-order valence-corrected chi connectivity index (χ4v) is 2.81. The molecule has 0 atom stereocenters. The molecule has 0 amide bonds. The minimum absolute atomic E-state index is 0.0892. The fourth-order valence-electron chi connectivity index (χ4n) is 2.81. The van der Waals surface area contributed by atoms with Gasteiger partial charge in [-0.3, -0.25) is 10.1 Å². The fraction of sp³-hybridized carbons (Fsp3) is 0.588. The number of imidazole rings is 1. The van der Waals surface area contributed by atoms with Crippen molar-refractivity contribution in [3.63, 3.8) is 0 Å². The first-order chi connectivity index (χ1) is 10.8. The van der Waals surface area contributed by atoms with Crippen molar-refractivity contribution >= 4 is 16.7 Å². The number of aromatic nitrogens is 2. The average molecular weight is 318 g/mol. The van der Waals surface area contributed by atoms with Gasteiger partial charge in [0, 0.05) is 30.6 Å². The molecule has 0 aliphatic rings. The minimum atomic E-state index is -0.370. The monoisotopic (exact) mass is 318 g/mol. The van der Waals surface area contributed by atoms with Gasteiger partial charge in [-0.2, -0.15) is 0 Å². The lowest BCUT2D eigenvalue weighted by Crippen LogP contribution is -2.29. The first-order valence-corrected chi connectivity index (χ1v) is 8.15. The average Bonchev–Trinajstić information content (AvgIpc) is 2.86. The van der Waals surface area contributed by atoms with Gasteiger partial charge in [-0.05, 0) is 19.2 Å². The van der Waals surface area contributed by atoms with Crippen LogP contribution in [0.2, 0.25) is 0 Å². The molecule has 23 heavy (non-hydrogen) atoms. The lowest BCUT2D eigenvalue weighted by molar-refractivity contribution is -0.384. The summed E-state index contributed by atoms with van der Waals surface area (Å²) in [5.41, 5.74) is 1.64. The number of nitro benzene ring substituents is 1. The highest BCUT2D eigenvalue weighted by Crippen LogP contribution is 2.28. The number of benzene rings is 1. The zero-order valence-corrected chi connectivity index (χ0v) is 14.7. The summed E-state index contributed by atoms with van der Waals surface area (Å²) in [6.07, 6.45) is 0. The van der Waals surface area contributed by atoms with E-state index in [2.05, 4.69) is 44.1 Å². The van der Waals surface area contributed by atoms with Gasteiger partial charge in [0.05, 0.1) is 16.0 Å². The molecule has 6 nitrogen and oxygen atoms in total. The van der Waals surface area contributed by atoms with Crippen LogP contribution in [-0.4, -0.2) is 39.0 Å². The third-order valence-corrected chi connectivity index (χ3v) is 4.15. The van der Waals surface area contributed by atoms with E-state index in [1.54, 1.807) is 12.1 Å². The number of rotatable bonds is 6. The minimum Gasteiger partial charge on any atom is -0.326 e. The molecule has 1 aromatic heterocycles. The summed E-state index contributed by atoms with van der Waals surface area (Å²) in [7, 11) is 0. The lowest BCUT2D eigenvalue weighted by Gasteiger charge is -2.23. The van der Waals surface area contributed by atoms with Gasteiger partial charge in [-0.1, -0.05) is 34.6 Å². The Morgan fingerprint density at radius 1 is 1.26 bits per heavy atom. The molecule has 0 saturated heterocycles. The van der Waals surface area contributed by atoms with Gasteiger partial charge < -0.3 is 9.47 Å². The Morgan fingerprint density at radius 2 is 1.91 bits per heavy atom. The van der Waals surface area contributed by atoms with Crippen LogP contribution in [0.25, 0.3) is 11.0 Å². The van der Waals surface area contributed by atoms with Gasteiger partial charge in [0.1, 0.15) is 5.82 Å². The van der Waals surface area contributed by atoms with Crippen molar-refractivity contribution in [1.82, 2.24) is 14.5 Å². The van der Waals surface area contributed by atoms with Gasteiger partial charge in [0.2, 0.25) is 0 Å². The number of nitrogens with zero attached hydrogens (tertiary/aromatic N) is 4. The summed E-state index contributed by atoms with van der Waals surface area (Å²) < 4.78 is 2.21. The predicted octanol–water partition coefficient (Wildman–Crippen LogP) is 3.58. The molecule has 0 bridgehead atoms. The first-order valence-electron chi connectivity index (χ1n) is 8.15. The number of hydrogen-bond donors (Lipinski definition) is 0. The molecule has 2 rings (SSSR count). The Bertz CT molecular complexity index is 696. The number of likely N-dealkylation sites (N-methyl/N-ethyl adjacent to an activating group) is 1. The molecule has 126 valence electrons. The van der Waals surface area contributed by atoms with E-state index in [9.17, 15) is 10.1 Å². The highest BCUT2D eigenvalue weighted by molar-refractivity contribution is 5.79. The molecule has 6 heteroatoms. The van der Waals surface area contributed by atoms with E-state index in [1.165, 1.54) is 0 Å². The zero-order valence-electron chi connectivity index (χ0n) is 14.7. The van der Waals surface area contributed by atoms with Crippen LogP contribution in [0.5, 0.6) is 0 Å². The molecule has 1 aromatic carbocycles. The van der Waals surface area contributed by atoms with Crippen LogP contribution in [-0.2, 0) is 12.0 Å². The number of hydrogen-bond acceptors (Lipinski definition) is 4. The van der Waals surface area contributed by atoms with Gasteiger partial charge in [0.25, 0.3) is 5.69 Å². The Labute approximate surface area is 137 Å². The molecule has 0 saturated carbocycles. The third kappa shape index (κ3) is 3.69. The van der Waals surface area contributed by atoms with Crippen molar-refractivity contribution < 1.29 is 4.92 Å². The Kier molecular flexibility index (Phi) is 5.04. The van der Waals surface area contributed by atoms with Gasteiger partial charge >= 0.3 is 0 Å². The van der Waals surface area contributed by atoms with E-state index in [4.69, 9.17) is 4.98 Å². The number of nitro groups is 1. The summed E-state index contributed by atoms with van der Waals surface area (Å²) in [5.74, 6) is 0.972. The summed E-state index contributed by atoms with van der Waals surface area (Å²) >= 11 is 0. The van der Waals surface area contributed by atoms with Crippen molar-refractivity contribution in [2.24, 2.45) is 0 Å². The van der Waals surface area contributed by atoms with Crippen LogP contribution in [0.15, 0.2) is 18.2 Å². The smallest absolute Gasteiger partial charge is 0.271 e. The largest absolute Gasteiger partial charge is 0.326 e. The maximum absolute atomic E-state index is 11.0. The molecular weight excluding hydrogens is 292 g/mol. The van der Waals surface area contributed by atoms with Crippen LogP contribution in [0.4, 0.5) is 5.69 Å². The van der Waals surface area contributed by atoms with E-state index >= 15 is 0 Å². The van der Waals surface area contributed by atoms with E-state index in [0.29, 0.717) is 5.52 Å². The molecule has 0 unspecified atom stereocenters. The summed E-state index contributed by atoms with van der Waals surface area (Å²) in [6, 6.07) is 4.95. The topological polar surface area (TPSA) is 64.2 Å².